The second kappa shape index (κ2) is 10.4. The van der Waals surface area contributed by atoms with Gasteiger partial charge in [-0.2, -0.15) is 0 Å². The lowest BCUT2D eigenvalue weighted by Crippen LogP contribution is -2.44. The highest BCUT2D eigenvalue weighted by atomic mass is 16.5. The number of likely N-dealkylation sites (tertiary alicyclic amines) is 1. The summed E-state index contributed by atoms with van der Waals surface area (Å²) in [7, 11) is 1.88. The third-order valence-electron chi connectivity index (χ3n) is 7.36. The number of benzene rings is 2. The average Bonchev–Trinajstić information content (AvgIpc) is 3.26. The molecule has 0 radical (unpaired) electrons. The van der Waals surface area contributed by atoms with E-state index in [0.29, 0.717) is 12.4 Å². The van der Waals surface area contributed by atoms with Gasteiger partial charge in [0.15, 0.2) is 0 Å². The Morgan fingerprint density at radius 2 is 2.06 bits per heavy atom. The molecule has 2 aromatic carbocycles. The van der Waals surface area contributed by atoms with Gasteiger partial charge in [-0.15, -0.1) is 6.42 Å². The molecule has 2 fully saturated rings. The van der Waals surface area contributed by atoms with E-state index in [1.807, 2.05) is 43.4 Å². The molecule has 2 aliphatic heterocycles. The Bertz CT molecular complexity index is 1290. The van der Waals surface area contributed by atoms with Crippen LogP contribution in [0.1, 0.15) is 31.2 Å². The van der Waals surface area contributed by atoms with Gasteiger partial charge in [0.05, 0.1) is 23.2 Å². The van der Waals surface area contributed by atoms with E-state index in [2.05, 4.69) is 36.7 Å². The standard InChI is InChI=1S/C28H32N6O2/c1-3-20-6-4-7-21(16-20)33-26-22-17-25(24(29-2)18-23(22)31-19-32-26)36-15-5-12-34-13-9-28(10-14-34)8-11-30-27(28)35/h1,4,6-7,16-19,29H,5,8-15H2,2H3,(H,30,35)(H,31,32,33). The van der Waals surface area contributed by atoms with Gasteiger partial charge >= 0.3 is 0 Å². The van der Waals surface area contributed by atoms with Crippen molar-refractivity contribution in [3.63, 3.8) is 0 Å². The maximum Gasteiger partial charge on any atom is 0.226 e. The van der Waals surface area contributed by atoms with Crippen molar-refractivity contribution < 1.29 is 9.53 Å². The normalized spacial score (nSPS) is 17.1. The van der Waals surface area contributed by atoms with Crippen LogP contribution in [-0.4, -0.2) is 60.6 Å². The Morgan fingerprint density at radius 1 is 1.19 bits per heavy atom. The summed E-state index contributed by atoms with van der Waals surface area (Å²) >= 11 is 0. The van der Waals surface area contributed by atoms with E-state index in [1.165, 1.54) is 0 Å². The number of hydrogen-bond donors (Lipinski definition) is 3. The highest BCUT2D eigenvalue weighted by molar-refractivity contribution is 5.94. The van der Waals surface area contributed by atoms with Crippen molar-refractivity contribution in [1.29, 1.82) is 0 Å². The number of carbonyl (C=O) groups is 1. The van der Waals surface area contributed by atoms with Crippen LogP contribution in [-0.2, 0) is 4.79 Å². The van der Waals surface area contributed by atoms with Gasteiger partial charge in [-0.3, -0.25) is 4.79 Å². The lowest BCUT2D eigenvalue weighted by Gasteiger charge is -2.37. The fourth-order valence-electron chi connectivity index (χ4n) is 5.19. The van der Waals surface area contributed by atoms with Gasteiger partial charge in [-0.05, 0) is 69.1 Å². The van der Waals surface area contributed by atoms with Crippen LogP contribution in [0.3, 0.4) is 0 Å². The summed E-state index contributed by atoms with van der Waals surface area (Å²) in [4.78, 5) is 23.6. The van der Waals surface area contributed by atoms with Gasteiger partial charge in [0.25, 0.3) is 0 Å². The molecule has 8 nitrogen and oxygen atoms in total. The number of piperidine rings is 1. The molecule has 186 valence electrons. The fraction of sp³-hybridized carbons (Fsp3) is 0.393. The summed E-state index contributed by atoms with van der Waals surface area (Å²) < 4.78 is 6.22. The monoisotopic (exact) mass is 484 g/mol. The number of amides is 1. The zero-order chi connectivity index (χ0) is 25.0. The summed E-state index contributed by atoms with van der Waals surface area (Å²) in [6, 6.07) is 11.6. The molecule has 2 aliphatic rings. The molecule has 0 saturated carbocycles. The van der Waals surface area contributed by atoms with Crippen molar-refractivity contribution in [2.45, 2.75) is 25.7 Å². The first-order chi connectivity index (χ1) is 17.6. The van der Waals surface area contributed by atoms with Crippen molar-refractivity contribution in [1.82, 2.24) is 20.2 Å². The average molecular weight is 485 g/mol. The quantitative estimate of drug-likeness (QED) is 0.331. The minimum atomic E-state index is -0.115. The number of terminal acetylenes is 1. The lowest BCUT2D eigenvalue weighted by molar-refractivity contribution is -0.130. The van der Waals surface area contributed by atoms with Gasteiger partial charge in [-0.1, -0.05) is 12.0 Å². The number of rotatable bonds is 8. The summed E-state index contributed by atoms with van der Waals surface area (Å²) in [5.74, 6) is 4.37. The van der Waals surface area contributed by atoms with Crippen LogP contribution in [0, 0.1) is 17.8 Å². The van der Waals surface area contributed by atoms with Crippen molar-refractivity contribution >= 4 is 34.0 Å². The molecule has 0 unspecified atom stereocenters. The van der Waals surface area contributed by atoms with Crippen LogP contribution in [0.25, 0.3) is 10.9 Å². The lowest BCUT2D eigenvalue weighted by atomic mass is 9.77. The second-order valence-corrected chi connectivity index (χ2v) is 9.52. The number of ether oxygens (including phenoxy) is 1. The van der Waals surface area contributed by atoms with Crippen molar-refractivity contribution in [3.05, 3.63) is 48.3 Å². The molecule has 3 N–H and O–H groups in total. The molecule has 8 heteroatoms. The van der Waals surface area contributed by atoms with Gasteiger partial charge in [0, 0.05) is 36.8 Å². The zero-order valence-electron chi connectivity index (χ0n) is 20.6. The maximum absolute atomic E-state index is 12.2. The molecule has 36 heavy (non-hydrogen) atoms. The topological polar surface area (TPSA) is 91.4 Å². The van der Waals surface area contributed by atoms with E-state index < -0.39 is 0 Å². The van der Waals surface area contributed by atoms with Crippen LogP contribution >= 0.6 is 0 Å². The molecule has 0 atom stereocenters. The number of fused-ring (bicyclic) bond motifs is 1. The maximum atomic E-state index is 12.2. The van der Waals surface area contributed by atoms with Gasteiger partial charge in [0.2, 0.25) is 5.91 Å². The van der Waals surface area contributed by atoms with Gasteiger partial charge in [0.1, 0.15) is 17.9 Å². The number of nitrogens with zero attached hydrogens (tertiary/aromatic N) is 3. The van der Waals surface area contributed by atoms with Crippen LogP contribution < -0.4 is 20.7 Å². The number of nitrogens with one attached hydrogen (secondary N) is 3. The summed E-state index contributed by atoms with van der Waals surface area (Å²) in [6.07, 6.45) is 10.9. The van der Waals surface area contributed by atoms with E-state index in [1.54, 1.807) is 6.33 Å². The van der Waals surface area contributed by atoms with Crippen molar-refractivity contribution in [2.24, 2.45) is 5.41 Å². The second-order valence-electron chi connectivity index (χ2n) is 9.52. The number of hydrogen-bond acceptors (Lipinski definition) is 7. The van der Waals surface area contributed by atoms with Crippen molar-refractivity contribution in [3.8, 4) is 18.1 Å². The molecule has 3 aromatic rings. The first-order valence-electron chi connectivity index (χ1n) is 12.5. The first kappa shape index (κ1) is 23.9. The highest BCUT2D eigenvalue weighted by Gasteiger charge is 2.44. The molecule has 1 aromatic heterocycles. The molecule has 0 bridgehead atoms. The molecule has 2 saturated heterocycles. The van der Waals surface area contributed by atoms with E-state index in [9.17, 15) is 4.79 Å². The van der Waals surface area contributed by atoms with E-state index in [0.717, 1.165) is 85.5 Å². The Kier molecular flexibility index (Phi) is 6.92. The van der Waals surface area contributed by atoms with Gasteiger partial charge < -0.3 is 25.6 Å². The minimum absolute atomic E-state index is 0.115. The first-order valence-corrected chi connectivity index (χ1v) is 12.5. The zero-order valence-corrected chi connectivity index (χ0v) is 20.6. The number of aromatic nitrogens is 2. The Balaban J connectivity index is 1.23. The van der Waals surface area contributed by atoms with Crippen LogP contribution in [0.2, 0.25) is 0 Å². The summed E-state index contributed by atoms with van der Waals surface area (Å²) in [5, 5.41) is 10.5. The molecule has 1 spiro atoms. The minimum Gasteiger partial charge on any atom is -0.491 e. The van der Waals surface area contributed by atoms with Crippen LogP contribution in [0.4, 0.5) is 17.2 Å². The SMILES string of the molecule is C#Cc1cccc(Nc2ncnc3cc(NC)c(OCCCN4CCC5(CCNC5=O)CC4)cc23)c1. The molecule has 0 aliphatic carbocycles. The van der Waals surface area contributed by atoms with Crippen LogP contribution in [0.5, 0.6) is 5.75 Å². The van der Waals surface area contributed by atoms with E-state index >= 15 is 0 Å². The molecular weight excluding hydrogens is 452 g/mol. The van der Waals surface area contributed by atoms with Gasteiger partial charge in [-0.25, -0.2) is 9.97 Å². The highest BCUT2D eigenvalue weighted by Crippen LogP contribution is 2.38. The smallest absolute Gasteiger partial charge is 0.226 e. The number of carbonyl (C=O) groups excluding carboxylic acids is 1. The third-order valence-corrected chi connectivity index (χ3v) is 7.36. The predicted molar refractivity (Wildman–Crippen MR) is 143 cm³/mol. The van der Waals surface area contributed by atoms with E-state index in [4.69, 9.17) is 11.2 Å². The predicted octanol–water partition coefficient (Wildman–Crippen LogP) is 3.77. The molecular formula is C28H32N6O2. The molecule has 5 rings (SSSR count). The third kappa shape index (κ3) is 4.93. The Hall–Kier alpha value is -3.83. The molecule has 3 heterocycles. The van der Waals surface area contributed by atoms with Crippen molar-refractivity contribution in [2.75, 3.05) is 50.5 Å². The van der Waals surface area contributed by atoms with Crippen LogP contribution in [0.15, 0.2) is 42.7 Å². The summed E-state index contributed by atoms with van der Waals surface area (Å²) in [5.41, 5.74) is 3.25. The molecule has 1 amide bonds. The number of anilines is 3. The van der Waals surface area contributed by atoms with E-state index in [-0.39, 0.29) is 11.3 Å². The Morgan fingerprint density at radius 3 is 2.81 bits per heavy atom. The fourth-order valence-corrected chi connectivity index (χ4v) is 5.19. The Labute approximate surface area is 211 Å². The largest absolute Gasteiger partial charge is 0.491 e. The summed E-state index contributed by atoms with van der Waals surface area (Å²) in [6.45, 7) is 4.33.